The van der Waals surface area contributed by atoms with E-state index in [-0.39, 0.29) is 5.78 Å². The second-order valence-electron chi connectivity index (χ2n) is 4.89. The Morgan fingerprint density at radius 2 is 1.91 bits per heavy atom. The predicted octanol–water partition coefficient (Wildman–Crippen LogP) is 2.52. The summed E-state index contributed by atoms with van der Waals surface area (Å²) in [6.45, 7) is 1.49. The van der Waals surface area contributed by atoms with Crippen molar-refractivity contribution >= 4 is 5.78 Å². The topological polar surface area (TPSA) is 81.8 Å². The van der Waals surface area contributed by atoms with E-state index in [0.717, 1.165) is 5.56 Å². The van der Waals surface area contributed by atoms with Crippen molar-refractivity contribution in [1.82, 2.24) is 0 Å². The Morgan fingerprint density at radius 3 is 2.45 bits per heavy atom. The summed E-state index contributed by atoms with van der Waals surface area (Å²) >= 11 is 0. The average molecular weight is 301 g/mol. The molecule has 3 N–H and O–H groups in total. The molecule has 116 valence electrons. The van der Waals surface area contributed by atoms with Gasteiger partial charge in [0.05, 0.1) is 14.2 Å². The standard InChI is InChI=1S/C17H19NO4/c1-10(19)13-8-14(16(22-3)15(9-13)21-2)11-5-4-6-12(7-11)17(18)20/h4-9,17,20H,18H2,1-3H3. The third-order valence-electron chi connectivity index (χ3n) is 3.42. The molecule has 0 spiro atoms. The number of hydrogen-bond acceptors (Lipinski definition) is 5. The van der Waals surface area contributed by atoms with E-state index >= 15 is 0 Å². The third kappa shape index (κ3) is 3.10. The molecule has 22 heavy (non-hydrogen) atoms. The van der Waals surface area contributed by atoms with Crippen molar-refractivity contribution < 1.29 is 19.4 Å². The van der Waals surface area contributed by atoms with Gasteiger partial charge in [-0.1, -0.05) is 18.2 Å². The maximum Gasteiger partial charge on any atom is 0.168 e. The Morgan fingerprint density at radius 1 is 1.18 bits per heavy atom. The summed E-state index contributed by atoms with van der Waals surface area (Å²) in [4.78, 5) is 11.7. The zero-order valence-electron chi connectivity index (χ0n) is 12.8. The van der Waals surface area contributed by atoms with Gasteiger partial charge in [0, 0.05) is 11.1 Å². The molecule has 0 aliphatic heterocycles. The second kappa shape index (κ2) is 6.60. The van der Waals surface area contributed by atoms with Crippen LogP contribution in [-0.2, 0) is 0 Å². The normalized spacial score (nSPS) is 11.9. The Labute approximate surface area is 129 Å². The van der Waals surface area contributed by atoms with Gasteiger partial charge in [0.1, 0.15) is 6.23 Å². The van der Waals surface area contributed by atoms with Crippen LogP contribution in [0, 0.1) is 0 Å². The molecule has 5 nitrogen and oxygen atoms in total. The van der Waals surface area contributed by atoms with Crippen molar-refractivity contribution in [3.05, 3.63) is 47.5 Å². The smallest absolute Gasteiger partial charge is 0.168 e. The van der Waals surface area contributed by atoms with Crippen molar-refractivity contribution in [3.63, 3.8) is 0 Å². The highest BCUT2D eigenvalue weighted by Crippen LogP contribution is 2.39. The van der Waals surface area contributed by atoms with E-state index in [1.807, 2.05) is 6.07 Å². The first-order valence-electron chi connectivity index (χ1n) is 6.79. The number of ketones is 1. The fraction of sp³-hybridized carbons (Fsp3) is 0.235. The summed E-state index contributed by atoms with van der Waals surface area (Å²) in [5, 5.41) is 9.53. The van der Waals surface area contributed by atoms with Gasteiger partial charge in [0.15, 0.2) is 17.3 Å². The van der Waals surface area contributed by atoms with Gasteiger partial charge >= 0.3 is 0 Å². The number of Topliss-reactive ketones (excluding diaryl/α,β-unsaturated/α-hetero) is 1. The largest absolute Gasteiger partial charge is 0.493 e. The number of hydrogen-bond donors (Lipinski definition) is 2. The minimum absolute atomic E-state index is 0.0720. The highest BCUT2D eigenvalue weighted by Gasteiger charge is 2.16. The number of ether oxygens (including phenoxy) is 2. The number of carbonyl (C=O) groups excluding carboxylic acids is 1. The first-order valence-corrected chi connectivity index (χ1v) is 6.79. The second-order valence-corrected chi connectivity index (χ2v) is 4.89. The molecule has 0 heterocycles. The quantitative estimate of drug-likeness (QED) is 0.655. The van der Waals surface area contributed by atoms with E-state index in [4.69, 9.17) is 15.2 Å². The SMILES string of the molecule is COc1cc(C(C)=O)cc(-c2cccc(C(N)O)c2)c1OC. The van der Waals surface area contributed by atoms with E-state index in [1.54, 1.807) is 30.3 Å². The van der Waals surface area contributed by atoms with Crippen LogP contribution in [0.2, 0.25) is 0 Å². The number of carbonyl (C=O) groups is 1. The van der Waals surface area contributed by atoms with E-state index in [1.165, 1.54) is 21.1 Å². The van der Waals surface area contributed by atoms with Crippen molar-refractivity contribution in [2.24, 2.45) is 5.73 Å². The number of rotatable bonds is 5. The minimum Gasteiger partial charge on any atom is -0.493 e. The Bertz CT molecular complexity index is 695. The highest BCUT2D eigenvalue weighted by molar-refractivity contribution is 5.97. The maximum absolute atomic E-state index is 11.7. The Hall–Kier alpha value is -2.37. The summed E-state index contributed by atoms with van der Waals surface area (Å²) in [6.07, 6.45) is -1.07. The molecule has 0 aliphatic rings. The van der Waals surface area contributed by atoms with Gasteiger partial charge < -0.3 is 20.3 Å². The van der Waals surface area contributed by atoms with Crippen molar-refractivity contribution in [3.8, 4) is 22.6 Å². The van der Waals surface area contributed by atoms with E-state index in [2.05, 4.69) is 0 Å². The summed E-state index contributed by atoms with van der Waals surface area (Å²) < 4.78 is 10.7. The van der Waals surface area contributed by atoms with Gasteiger partial charge in [0.2, 0.25) is 0 Å². The van der Waals surface area contributed by atoms with Gasteiger partial charge in [-0.3, -0.25) is 4.79 Å². The van der Waals surface area contributed by atoms with Crippen molar-refractivity contribution in [2.45, 2.75) is 13.2 Å². The lowest BCUT2D eigenvalue weighted by Crippen LogP contribution is -2.08. The van der Waals surface area contributed by atoms with Gasteiger partial charge in [-0.2, -0.15) is 0 Å². The molecule has 2 rings (SSSR count). The van der Waals surface area contributed by atoms with Crippen LogP contribution in [0.5, 0.6) is 11.5 Å². The number of nitrogens with two attached hydrogens (primary N) is 1. The van der Waals surface area contributed by atoms with Gasteiger partial charge in [-0.05, 0) is 36.2 Å². The zero-order valence-corrected chi connectivity index (χ0v) is 12.8. The van der Waals surface area contributed by atoms with Gasteiger partial charge in [-0.15, -0.1) is 0 Å². The number of aliphatic hydroxyl groups is 1. The minimum atomic E-state index is -1.07. The molecular weight excluding hydrogens is 282 g/mol. The summed E-state index contributed by atoms with van der Waals surface area (Å²) in [6, 6.07) is 10.5. The Kier molecular flexibility index (Phi) is 4.80. The number of benzene rings is 2. The molecule has 2 aromatic rings. The van der Waals surface area contributed by atoms with E-state index in [0.29, 0.717) is 28.2 Å². The zero-order chi connectivity index (χ0) is 16.3. The van der Waals surface area contributed by atoms with E-state index < -0.39 is 6.23 Å². The van der Waals surface area contributed by atoms with Crippen molar-refractivity contribution in [2.75, 3.05) is 14.2 Å². The summed E-state index contributed by atoms with van der Waals surface area (Å²) in [7, 11) is 3.06. The summed E-state index contributed by atoms with van der Waals surface area (Å²) in [5.41, 5.74) is 8.09. The first-order chi connectivity index (χ1) is 10.5. The third-order valence-corrected chi connectivity index (χ3v) is 3.42. The molecule has 1 atom stereocenters. The fourth-order valence-electron chi connectivity index (χ4n) is 2.27. The monoisotopic (exact) mass is 301 g/mol. The molecule has 0 amide bonds. The van der Waals surface area contributed by atoms with E-state index in [9.17, 15) is 9.90 Å². The maximum atomic E-state index is 11.7. The first kappa shape index (κ1) is 16.0. The lowest BCUT2D eigenvalue weighted by Gasteiger charge is -2.15. The molecular formula is C17H19NO4. The lowest BCUT2D eigenvalue weighted by molar-refractivity contribution is 0.101. The number of methoxy groups -OCH3 is 2. The van der Waals surface area contributed by atoms with Gasteiger partial charge in [-0.25, -0.2) is 0 Å². The van der Waals surface area contributed by atoms with Crippen molar-refractivity contribution in [1.29, 1.82) is 0 Å². The van der Waals surface area contributed by atoms with Crippen LogP contribution in [0.15, 0.2) is 36.4 Å². The predicted molar refractivity (Wildman–Crippen MR) is 84.1 cm³/mol. The molecule has 0 fully saturated rings. The van der Waals surface area contributed by atoms with Gasteiger partial charge in [0.25, 0.3) is 0 Å². The molecule has 5 heteroatoms. The molecule has 0 radical (unpaired) electrons. The van der Waals surface area contributed by atoms with Crippen LogP contribution in [0.1, 0.15) is 29.1 Å². The highest BCUT2D eigenvalue weighted by atomic mass is 16.5. The average Bonchev–Trinajstić information content (AvgIpc) is 2.53. The molecule has 2 aromatic carbocycles. The Balaban J connectivity index is 2.69. The summed E-state index contributed by atoms with van der Waals surface area (Å²) in [5.74, 6) is 0.928. The van der Waals surface area contributed by atoms with Crippen LogP contribution in [0.4, 0.5) is 0 Å². The molecule has 0 aliphatic carbocycles. The fourth-order valence-corrected chi connectivity index (χ4v) is 2.27. The molecule has 0 bridgehead atoms. The lowest BCUT2D eigenvalue weighted by atomic mass is 9.98. The number of aliphatic hydroxyl groups excluding tert-OH is 1. The van der Waals surface area contributed by atoms with Crippen LogP contribution >= 0.6 is 0 Å². The molecule has 0 saturated heterocycles. The molecule has 0 saturated carbocycles. The van der Waals surface area contributed by atoms with Crippen LogP contribution in [-0.4, -0.2) is 25.1 Å². The van der Waals surface area contributed by atoms with Crippen LogP contribution < -0.4 is 15.2 Å². The molecule has 0 aromatic heterocycles. The van der Waals surface area contributed by atoms with Crippen LogP contribution in [0.3, 0.4) is 0 Å². The molecule has 1 unspecified atom stereocenters. The van der Waals surface area contributed by atoms with Crippen LogP contribution in [0.25, 0.3) is 11.1 Å².